The molecule has 0 saturated heterocycles. The minimum Gasteiger partial charge on any atom is -0.497 e. The lowest BCUT2D eigenvalue weighted by Crippen LogP contribution is -1.98. The summed E-state index contributed by atoms with van der Waals surface area (Å²) < 4.78 is 9.67. The average Bonchev–Trinajstić information content (AvgIpc) is 2.43. The Balaban J connectivity index is 2.21. The van der Waals surface area contributed by atoms with Gasteiger partial charge in [-0.1, -0.05) is 24.3 Å². The minimum atomic E-state index is -0.140. The molecule has 0 N–H and O–H groups in total. The summed E-state index contributed by atoms with van der Waals surface area (Å²) in [5.74, 6) is 0.736. The SMILES string of the molecule is COC(=O)CCC/C=C\Cc1ccc(OC)cc1. The Morgan fingerprint density at radius 3 is 2.50 bits per heavy atom. The van der Waals surface area contributed by atoms with Crippen molar-refractivity contribution in [2.24, 2.45) is 0 Å². The van der Waals surface area contributed by atoms with E-state index in [4.69, 9.17) is 4.74 Å². The summed E-state index contributed by atoms with van der Waals surface area (Å²) in [5, 5.41) is 0. The van der Waals surface area contributed by atoms with Crippen molar-refractivity contribution in [2.45, 2.75) is 25.7 Å². The van der Waals surface area contributed by atoms with E-state index in [1.54, 1.807) is 7.11 Å². The maximum atomic E-state index is 10.9. The van der Waals surface area contributed by atoms with Crippen LogP contribution in [0.1, 0.15) is 24.8 Å². The fourth-order valence-electron chi connectivity index (χ4n) is 1.57. The largest absolute Gasteiger partial charge is 0.497 e. The van der Waals surface area contributed by atoms with Crippen LogP contribution in [-0.4, -0.2) is 20.2 Å². The summed E-state index contributed by atoms with van der Waals surface area (Å²) in [4.78, 5) is 10.9. The second-order valence-electron chi connectivity index (χ2n) is 3.99. The monoisotopic (exact) mass is 248 g/mol. The van der Waals surface area contributed by atoms with Gasteiger partial charge in [0, 0.05) is 6.42 Å². The van der Waals surface area contributed by atoms with Crippen molar-refractivity contribution >= 4 is 5.97 Å². The van der Waals surface area contributed by atoms with Crippen molar-refractivity contribution in [1.29, 1.82) is 0 Å². The molecule has 1 rings (SSSR count). The van der Waals surface area contributed by atoms with Crippen LogP contribution in [0.5, 0.6) is 5.75 Å². The molecule has 1 aromatic carbocycles. The van der Waals surface area contributed by atoms with E-state index in [1.807, 2.05) is 12.1 Å². The number of ether oxygens (including phenoxy) is 2. The van der Waals surface area contributed by atoms with Gasteiger partial charge in [0.25, 0.3) is 0 Å². The van der Waals surface area contributed by atoms with Gasteiger partial charge in [-0.05, 0) is 37.0 Å². The summed E-state index contributed by atoms with van der Waals surface area (Å²) in [6.45, 7) is 0. The van der Waals surface area contributed by atoms with Gasteiger partial charge < -0.3 is 9.47 Å². The van der Waals surface area contributed by atoms with Gasteiger partial charge in [-0.25, -0.2) is 0 Å². The van der Waals surface area contributed by atoms with Crippen molar-refractivity contribution < 1.29 is 14.3 Å². The van der Waals surface area contributed by atoms with E-state index in [9.17, 15) is 4.79 Å². The molecule has 0 fully saturated rings. The summed E-state index contributed by atoms with van der Waals surface area (Å²) in [7, 11) is 3.08. The Hall–Kier alpha value is -1.77. The molecule has 0 aliphatic heterocycles. The predicted molar refractivity (Wildman–Crippen MR) is 71.7 cm³/mol. The number of carbonyl (C=O) groups excluding carboxylic acids is 1. The van der Waals surface area contributed by atoms with Crippen LogP contribution in [0.4, 0.5) is 0 Å². The Morgan fingerprint density at radius 1 is 1.17 bits per heavy atom. The molecule has 0 aromatic heterocycles. The number of unbranched alkanes of at least 4 members (excludes halogenated alkanes) is 1. The third kappa shape index (κ3) is 5.53. The molecule has 1 aromatic rings. The lowest BCUT2D eigenvalue weighted by molar-refractivity contribution is -0.140. The highest BCUT2D eigenvalue weighted by Gasteiger charge is 1.97. The van der Waals surface area contributed by atoms with E-state index >= 15 is 0 Å². The van der Waals surface area contributed by atoms with Gasteiger partial charge in [0.05, 0.1) is 14.2 Å². The summed E-state index contributed by atoms with van der Waals surface area (Å²) in [5.41, 5.74) is 1.25. The predicted octanol–water partition coefficient (Wildman–Crippen LogP) is 3.14. The summed E-state index contributed by atoms with van der Waals surface area (Å²) >= 11 is 0. The molecular formula is C15H20O3. The Kier molecular flexibility index (Phi) is 6.62. The van der Waals surface area contributed by atoms with Gasteiger partial charge >= 0.3 is 5.97 Å². The molecule has 0 aliphatic rings. The standard InChI is InChI=1S/C15H20O3/c1-17-14-11-9-13(10-12-14)7-5-3-4-6-8-15(16)18-2/h3,5,9-12H,4,6-8H2,1-2H3/b5-3-. The molecule has 0 saturated carbocycles. The molecule has 0 radical (unpaired) electrons. The van der Waals surface area contributed by atoms with Crippen LogP contribution in [0, 0.1) is 0 Å². The zero-order valence-electron chi connectivity index (χ0n) is 11.0. The second-order valence-corrected chi connectivity index (χ2v) is 3.99. The van der Waals surface area contributed by atoms with E-state index in [1.165, 1.54) is 12.7 Å². The highest BCUT2D eigenvalue weighted by molar-refractivity contribution is 5.69. The first-order valence-electron chi connectivity index (χ1n) is 6.11. The van der Waals surface area contributed by atoms with Crippen LogP contribution in [0.2, 0.25) is 0 Å². The number of hydrogen-bond donors (Lipinski definition) is 0. The third-order valence-corrected chi connectivity index (χ3v) is 2.66. The minimum absolute atomic E-state index is 0.140. The number of carbonyl (C=O) groups is 1. The number of esters is 1. The fourth-order valence-corrected chi connectivity index (χ4v) is 1.57. The summed E-state index contributed by atoms with van der Waals surface area (Å²) in [6.07, 6.45) is 7.37. The highest BCUT2D eigenvalue weighted by Crippen LogP contribution is 2.12. The number of allylic oxidation sites excluding steroid dienone is 2. The van der Waals surface area contributed by atoms with Gasteiger partial charge in [0.1, 0.15) is 5.75 Å². The lowest BCUT2D eigenvalue weighted by atomic mass is 10.1. The van der Waals surface area contributed by atoms with Crippen LogP contribution in [0.3, 0.4) is 0 Å². The van der Waals surface area contributed by atoms with Gasteiger partial charge in [-0.15, -0.1) is 0 Å². The van der Waals surface area contributed by atoms with Crippen LogP contribution in [0.25, 0.3) is 0 Å². The second kappa shape index (κ2) is 8.34. The molecular weight excluding hydrogens is 228 g/mol. The molecule has 0 amide bonds. The molecule has 0 unspecified atom stereocenters. The smallest absolute Gasteiger partial charge is 0.305 e. The maximum Gasteiger partial charge on any atom is 0.305 e. The van der Waals surface area contributed by atoms with Crippen LogP contribution in [-0.2, 0) is 16.0 Å². The molecule has 0 bridgehead atoms. The molecule has 3 nitrogen and oxygen atoms in total. The quantitative estimate of drug-likeness (QED) is 0.422. The van der Waals surface area contributed by atoms with Gasteiger partial charge in [0.2, 0.25) is 0 Å². The van der Waals surface area contributed by atoms with Crippen molar-refractivity contribution in [2.75, 3.05) is 14.2 Å². The van der Waals surface area contributed by atoms with Crippen molar-refractivity contribution in [3.05, 3.63) is 42.0 Å². The molecule has 0 atom stereocenters. The maximum absolute atomic E-state index is 10.9. The van der Waals surface area contributed by atoms with Crippen LogP contribution >= 0.6 is 0 Å². The lowest BCUT2D eigenvalue weighted by Gasteiger charge is -2.00. The Morgan fingerprint density at radius 2 is 1.89 bits per heavy atom. The first-order valence-corrected chi connectivity index (χ1v) is 6.11. The topological polar surface area (TPSA) is 35.5 Å². The van der Waals surface area contributed by atoms with Gasteiger partial charge in [-0.2, -0.15) is 0 Å². The van der Waals surface area contributed by atoms with Crippen molar-refractivity contribution in [1.82, 2.24) is 0 Å². The number of benzene rings is 1. The number of rotatable bonds is 7. The van der Waals surface area contributed by atoms with E-state index in [-0.39, 0.29) is 5.97 Å². The van der Waals surface area contributed by atoms with Crippen molar-refractivity contribution in [3.63, 3.8) is 0 Å². The highest BCUT2D eigenvalue weighted by atomic mass is 16.5. The molecule has 3 heteroatoms. The van der Waals surface area contributed by atoms with Gasteiger partial charge in [0.15, 0.2) is 0 Å². The van der Waals surface area contributed by atoms with Crippen LogP contribution < -0.4 is 4.74 Å². The number of methoxy groups -OCH3 is 2. The Bertz CT molecular complexity index is 379. The first kappa shape index (κ1) is 14.3. The average molecular weight is 248 g/mol. The zero-order chi connectivity index (χ0) is 13.2. The normalized spacial score (nSPS) is 10.6. The third-order valence-electron chi connectivity index (χ3n) is 2.66. The van der Waals surface area contributed by atoms with E-state index in [0.717, 1.165) is 25.0 Å². The fraction of sp³-hybridized carbons (Fsp3) is 0.400. The summed E-state index contributed by atoms with van der Waals surface area (Å²) in [6, 6.07) is 8.02. The molecule has 0 heterocycles. The van der Waals surface area contributed by atoms with E-state index in [0.29, 0.717) is 6.42 Å². The molecule has 98 valence electrons. The zero-order valence-corrected chi connectivity index (χ0v) is 11.0. The van der Waals surface area contributed by atoms with E-state index in [2.05, 4.69) is 29.0 Å². The molecule has 0 spiro atoms. The van der Waals surface area contributed by atoms with Crippen molar-refractivity contribution in [3.8, 4) is 5.75 Å². The van der Waals surface area contributed by atoms with Gasteiger partial charge in [-0.3, -0.25) is 4.79 Å². The molecule has 0 aliphatic carbocycles. The Labute approximate surface area is 108 Å². The first-order chi connectivity index (χ1) is 8.76. The number of hydrogen-bond acceptors (Lipinski definition) is 3. The molecule has 18 heavy (non-hydrogen) atoms. The van der Waals surface area contributed by atoms with E-state index < -0.39 is 0 Å². The van der Waals surface area contributed by atoms with Crippen LogP contribution in [0.15, 0.2) is 36.4 Å².